The standard InChI is InChI=1S/C29H27N/c1-19-9-11-21(12-10-19)25-17-22(20-13-15-23(16-14-20)29(2,3)4)18-27-28(25)24-7-5-6-8-26(24)30-27/h5-18,30H,1-4H3. The summed E-state index contributed by atoms with van der Waals surface area (Å²) in [6.07, 6.45) is 0. The Bertz CT molecular complexity index is 1340. The van der Waals surface area contributed by atoms with E-state index in [0.717, 1.165) is 0 Å². The van der Waals surface area contributed by atoms with E-state index in [4.69, 9.17) is 0 Å². The molecule has 0 saturated heterocycles. The van der Waals surface area contributed by atoms with Crippen molar-refractivity contribution in [1.29, 1.82) is 0 Å². The minimum atomic E-state index is 0.159. The smallest absolute Gasteiger partial charge is 0.0477 e. The van der Waals surface area contributed by atoms with Gasteiger partial charge in [0.15, 0.2) is 0 Å². The number of hydrogen-bond acceptors (Lipinski definition) is 0. The van der Waals surface area contributed by atoms with Gasteiger partial charge in [0.2, 0.25) is 0 Å². The topological polar surface area (TPSA) is 15.8 Å². The molecule has 0 aliphatic carbocycles. The Morgan fingerprint density at radius 3 is 2.00 bits per heavy atom. The quantitative estimate of drug-likeness (QED) is 0.313. The van der Waals surface area contributed by atoms with Crippen LogP contribution in [-0.2, 0) is 5.41 Å². The van der Waals surface area contributed by atoms with Crippen molar-refractivity contribution in [1.82, 2.24) is 4.98 Å². The first-order valence-electron chi connectivity index (χ1n) is 10.6. The van der Waals surface area contributed by atoms with Crippen molar-refractivity contribution in [3.05, 3.63) is 96.1 Å². The Hall–Kier alpha value is -3.32. The first-order valence-corrected chi connectivity index (χ1v) is 10.6. The Balaban J connectivity index is 1.76. The van der Waals surface area contributed by atoms with Crippen LogP contribution in [0.3, 0.4) is 0 Å². The maximum Gasteiger partial charge on any atom is 0.0477 e. The summed E-state index contributed by atoms with van der Waals surface area (Å²) in [6.45, 7) is 8.91. The summed E-state index contributed by atoms with van der Waals surface area (Å²) in [5.74, 6) is 0. The predicted octanol–water partition coefficient (Wildman–Crippen LogP) is 8.26. The van der Waals surface area contributed by atoms with Crippen LogP contribution >= 0.6 is 0 Å². The van der Waals surface area contributed by atoms with Crippen LogP contribution in [0.4, 0.5) is 0 Å². The summed E-state index contributed by atoms with van der Waals surface area (Å²) in [5.41, 5.74) is 10.2. The molecule has 1 heteroatoms. The summed E-state index contributed by atoms with van der Waals surface area (Å²) in [6, 6.07) is 31.1. The molecule has 0 atom stereocenters. The second-order valence-corrected chi connectivity index (χ2v) is 9.31. The zero-order valence-electron chi connectivity index (χ0n) is 18.1. The van der Waals surface area contributed by atoms with Crippen LogP contribution in [0.15, 0.2) is 84.9 Å². The van der Waals surface area contributed by atoms with E-state index in [2.05, 4.69) is 118 Å². The van der Waals surface area contributed by atoms with Crippen molar-refractivity contribution < 1.29 is 0 Å². The number of aryl methyl sites for hydroxylation is 1. The molecule has 0 saturated carbocycles. The molecule has 1 aromatic heterocycles. The molecule has 4 aromatic carbocycles. The normalized spacial score (nSPS) is 12.0. The molecule has 0 aliphatic heterocycles. The van der Waals surface area contributed by atoms with E-state index in [1.54, 1.807) is 0 Å². The van der Waals surface area contributed by atoms with E-state index in [1.165, 1.54) is 55.2 Å². The van der Waals surface area contributed by atoms with Crippen LogP contribution in [0.2, 0.25) is 0 Å². The van der Waals surface area contributed by atoms with Crippen LogP contribution < -0.4 is 0 Å². The Kier molecular flexibility index (Phi) is 4.29. The predicted molar refractivity (Wildman–Crippen MR) is 130 cm³/mol. The van der Waals surface area contributed by atoms with Gasteiger partial charge >= 0.3 is 0 Å². The maximum absolute atomic E-state index is 3.65. The van der Waals surface area contributed by atoms with Gasteiger partial charge in [-0.3, -0.25) is 0 Å². The number of hydrogen-bond donors (Lipinski definition) is 1. The lowest BCUT2D eigenvalue weighted by molar-refractivity contribution is 0.590. The molecule has 0 radical (unpaired) electrons. The Morgan fingerprint density at radius 1 is 0.633 bits per heavy atom. The van der Waals surface area contributed by atoms with E-state index in [9.17, 15) is 0 Å². The van der Waals surface area contributed by atoms with Crippen LogP contribution in [0, 0.1) is 6.92 Å². The van der Waals surface area contributed by atoms with Crippen molar-refractivity contribution in [3.8, 4) is 22.3 Å². The third-order valence-electron chi connectivity index (χ3n) is 6.05. The minimum Gasteiger partial charge on any atom is -0.354 e. The molecular formula is C29H27N. The first kappa shape index (κ1) is 18.7. The van der Waals surface area contributed by atoms with E-state index in [-0.39, 0.29) is 5.41 Å². The molecule has 0 amide bonds. The van der Waals surface area contributed by atoms with Gasteiger partial charge in [-0.2, -0.15) is 0 Å². The molecule has 0 fully saturated rings. The highest BCUT2D eigenvalue weighted by Gasteiger charge is 2.15. The lowest BCUT2D eigenvalue weighted by Crippen LogP contribution is -2.10. The summed E-state index contributed by atoms with van der Waals surface area (Å²) < 4.78 is 0. The number of fused-ring (bicyclic) bond motifs is 3. The van der Waals surface area contributed by atoms with Gasteiger partial charge in [-0.15, -0.1) is 0 Å². The lowest BCUT2D eigenvalue weighted by atomic mass is 9.86. The molecule has 0 unspecified atom stereocenters. The summed E-state index contributed by atoms with van der Waals surface area (Å²) in [5, 5.41) is 2.57. The number of rotatable bonds is 2. The Labute approximate surface area is 178 Å². The summed E-state index contributed by atoms with van der Waals surface area (Å²) >= 11 is 0. The van der Waals surface area contributed by atoms with E-state index in [1.807, 2.05) is 0 Å². The largest absolute Gasteiger partial charge is 0.354 e. The zero-order valence-corrected chi connectivity index (χ0v) is 18.1. The first-order chi connectivity index (χ1) is 14.4. The van der Waals surface area contributed by atoms with E-state index >= 15 is 0 Å². The van der Waals surface area contributed by atoms with Crippen molar-refractivity contribution in [2.24, 2.45) is 0 Å². The Morgan fingerprint density at radius 2 is 1.30 bits per heavy atom. The van der Waals surface area contributed by atoms with Gasteiger partial charge in [-0.05, 0) is 58.4 Å². The van der Waals surface area contributed by atoms with E-state index in [0.29, 0.717) is 0 Å². The number of aromatic nitrogens is 1. The molecule has 1 heterocycles. The number of para-hydroxylation sites is 1. The van der Waals surface area contributed by atoms with Crippen molar-refractivity contribution in [3.63, 3.8) is 0 Å². The molecule has 30 heavy (non-hydrogen) atoms. The summed E-state index contributed by atoms with van der Waals surface area (Å²) in [4.78, 5) is 3.65. The van der Waals surface area contributed by atoms with Gasteiger partial charge in [0.25, 0.3) is 0 Å². The summed E-state index contributed by atoms with van der Waals surface area (Å²) in [7, 11) is 0. The highest BCUT2D eigenvalue weighted by atomic mass is 14.7. The molecule has 148 valence electrons. The second kappa shape index (κ2) is 6.88. The van der Waals surface area contributed by atoms with Gasteiger partial charge in [-0.1, -0.05) is 93.1 Å². The zero-order chi connectivity index (χ0) is 20.9. The third kappa shape index (κ3) is 3.21. The van der Waals surface area contributed by atoms with Gasteiger partial charge in [0.1, 0.15) is 0 Å². The second-order valence-electron chi connectivity index (χ2n) is 9.31. The number of benzene rings is 4. The average molecular weight is 390 g/mol. The fourth-order valence-corrected chi connectivity index (χ4v) is 4.28. The van der Waals surface area contributed by atoms with Crippen LogP contribution in [0.5, 0.6) is 0 Å². The molecular weight excluding hydrogens is 362 g/mol. The van der Waals surface area contributed by atoms with E-state index < -0.39 is 0 Å². The maximum atomic E-state index is 3.65. The molecule has 0 spiro atoms. The number of H-pyrrole nitrogens is 1. The number of nitrogens with one attached hydrogen (secondary N) is 1. The highest BCUT2D eigenvalue weighted by molar-refractivity contribution is 6.15. The average Bonchev–Trinajstić information content (AvgIpc) is 3.12. The molecule has 1 nitrogen and oxygen atoms in total. The fourth-order valence-electron chi connectivity index (χ4n) is 4.28. The number of aromatic amines is 1. The molecule has 0 bridgehead atoms. The van der Waals surface area contributed by atoms with Crippen molar-refractivity contribution in [2.75, 3.05) is 0 Å². The fraction of sp³-hybridized carbons (Fsp3) is 0.172. The van der Waals surface area contributed by atoms with Gasteiger partial charge in [0.05, 0.1) is 0 Å². The van der Waals surface area contributed by atoms with Gasteiger partial charge < -0.3 is 4.98 Å². The van der Waals surface area contributed by atoms with Crippen LogP contribution in [0.25, 0.3) is 44.1 Å². The van der Waals surface area contributed by atoms with Crippen molar-refractivity contribution >= 4 is 21.8 Å². The van der Waals surface area contributed by atoms with Crippen LogP contribution in [0.1, 0.15) is 31.9 Å². The molecule has 5 aromatic rings. The van der Waals surface area contributed by atoms with Gasteiger partial charge in [-0.25, -0.2) is 0 Å². The minimum absolute atomic E-state index is 0.159. The molecule has 1 N–H and O–H groups in total. The molecule has 0 aliphatic rings. The third-order valence-corrected chi connectivity index (χ3v) is 6.05. The SMILES string of the molecule is Cc1ccc(-c2cc(-c3ccc(C(C)(C)C)cc3)cc3[nH]c4ccccc4c23)cc1. The van der Waals surface area contributed by atoms with Crippen LogP contribution in [-0.4, -0.2) is 4.98 Å². The van der Waals surface area contributed by atoms with Crippen molar-refractivity contribution in [2.45, 2.75) is 33.1 Å². The highest BCUT2D eigenvalue weighted by Crippen LogP contribution is 2.38. The molecule has 5 rings (SSSR count). The lowest BCUT2D eigenvalue weighted by Gasteiger charge is -2.19. The van der Waals surface area contributed by atoms with Gasteiger partial charge in [0, 0.05) is 21.8 Å². The monoisotopic (exact) mass is 389 g/mol.